The molecular formula is C40H46F4N6O11. The number of ketones is 1. The van der Waals surface area contributed by atoms with Gasteiger partial charge in [0.15, 0.2) is 23.2 Å². The van der Waals surface area contributed by atoms with E-state index in [0.29, 0.717) is 21.0 Å². The highest BCUT2D eigenvalue weighted by molar-refractivity contribution is 5.97. The fourth-order valence-electron chi connectivity index (χ4n) is 5.53. The lowest BCUT2D eigenvalue weighted by atomic mass is 10.1. The lowest BCUT2D eigenvalue weighted by Crippen LogP contribution is -2.72. The minimum absolute atomic E-state index is 0.119. The number of halogens is 4. The van der Waals surface area contributed by atoms with Gasteiger partial charge >= 0.3 is 11.9 Å². The van der Waals surface area contributed by atoms with Crippen LogP contribution in [0.2, 0.25) is 0 Å². The van der Waals surface area contributed by atoms with E-state index < -0.39 is 139 Å². The second-order valence-corrected chi connectivity index (χ2v) is 14.1. The number of fused-ring (bicyclic) bond motifs is 1. The Hall–Kier alpha value is -6.67. The van der Waals surface area contributed by atoms with Gasteiger partial charge in [0.05, 0.1) is 32.6 Å². The van der Waals surface area contributed by atoms with E-state index in [2.05, 4.69) is 15.1 Å². The molecule has 0 bridgehead atoms. The molecule has 61 heavy (non-hydrogen) atoms. The molecule has 3 rings (SSSR count). The van der Waals surface area contributed by atoms with Gasteiger partial charge in [-0.3, -0.25) is 38.4 Å². The number of benzene rings is 2. The zero-order valence-corrected chi connectivity index (χ0v) is 34.5. The summed E-state index contributed by atoms with van der Waals surface area (Å²) in [5, 5.41) is 1.66. The molecule has 1 atom stereocenters. The number of aromatic nitrogens is 1. The van der Waals surface area contributed by atoms with E-state index in [1.807, 2.05) is 0 Å². The van der Waals surface area contributed by atoms with Crippen LogP contribution in [0.5, 0.6) is 5.75 Å². The van der Waals surface area contributed by atoms with Crippen LogP contribution in [0.4, 0.5) is 17.6 Å². The summed E-state index contributed by atoms with van der Waals surface area (Å²) in [4.78, 5) is 115. The molecule has 0 aliphatic heterocycles. The smallest absolute Gasteiger partial charge is 0.308 e. The van der Waals surface area contributed by atoms with E-state index in [9.17, 15) is 55.9 Å². The molecule has 1 aromatic heterocycles. The SMILES string of the molecule is CCC(=O)N([C@H](CC(=O)OC)C(=O)COc1c(F)c(F)cc(F)c1F)N(C(=O)CC(C)C)N(C(=O)CCC(=O)OC)N(NC(=O)c1ccc2ccccc2n1)C(=O)CC(C)C. The summed E-state index contributed by atoms with van der Waals surface area (Å²) in [7, 11) is 1.90. The summed E-state index contributed by atoms with van der Waals surface area (Å²) in [6.45, 7) is 6.02. The maximum atomic E-state index is 14.6. The number of amides is 5. The number of nitrogens with zero attached hydrogens (tertiary/aromatic N) is 5. The van der Waals surface area contributed by atoms with Gasteiger partial charge in [-0.2, -0.15) is 8.78 Å². The predicted molar refractivity (Wildman–Crippen MR) is 204 cm³/mol. The van der Waals surface area contributed by atoms with Crippen LogP contribution in [0.25, 0.3) is 10.9 Å². The van der Waals surface area contributed by atoms with Crippen molar-refractivity contribution in [2.45, 2.75) is 79.2 Å². The molecule has 0 saturated carbocycles. The number of carbonyl (C=O) groups excluding carboxylic acids is 8. The molecule has 0 radical (unpaired) electrons. The molecule has 1 N–H and O–H groups in total. The first-order chi connectivity index (χ1) is 28.7. The third-order valence-corrected chi connectivity index (χ3v) is 8.47. The number of carbonyl (C=O) groups is 8. The summed E-state index contributed by atoms with van der Waals surface area (Å²) < 4.78 is 71.6. The highest BCUT2D eigenvalue weighted by Crippen LogP contribution is 2.28. The van der Waals surface area contributed by atoms with Crippen molar-refractivity contribution >= 4 is 58.2 Å². The summed E-state index contributed by atoms with van der Waals surface area (Å²) >= 11 is 0. The Labute approximate surface area is 347 Å². The quantitative estimate of drug-likeness (QED) is 0.0914. The Morgan fingerprint density at radius 3 is 1.87 bits per heavy atom. The Morgan fingerprint density at radius 1 is 0.705 bits per heavy atom. The predicted octanol–water partition coefficient (Wildman–Crippen LogP) is 4.53. The fourth-order valence-corrected chi connectivity index (χ4v) is 5.53. The van der Waals surface area contributed by atoms with Crippen molar-refractivity contribution in [3.8, 4) is 5.75 Å². The highest BCUT2D eigenvalue weighted by Gasteiger charge is 2.46. The van der Waals surface area contributed by atoms with Gasteiger partial charge in [-0.05, 0) is 24.0 Å². The number of hydrazine groups is 4. The monoisotopic (exact) mass is 862 g/mol. The summed E-state index contributed by atoms with van der Waals surface area (Å²) in [6, 6.07) is 7.08. The number of Topliss-reactive ketones (excluding diaryl/α,β-unsaturated/α-hetero) is 1. The molecule has 0 unspecified atom stereocenters. The second kappa shape index (κ2) is 22.1. The fraction of sp³-hybridized carbons (Fsp3) is 0.425. The number of esters is 2. The third kappa shape index (κ3) is 12.7. The van der Waals surface area contributed by atoms with E-state index in [4.69, 9.17) is 9.47 Å². The number of rotatable bonds is 16. The van der Waals surface area contributed by atoms with Crippen molar-refractivity contribution < 1.29 is 70.1 Å². The van der Waals surface area contributed by atoms with Crippen LogP contribution >= 0.6 is 0 Å². The Balaban J connectivity index is 2.37. The van der Waals surface area contributed by atoms with Gasteiger partial charge in [0.1, 0.15) is 18.3 Å². The first-order valence-corrected chi connectivity index (χ1v) is 18.9. The van der Waals surface area contributed by atoms with Crippen molar-refractivity contribution in [2.75, 3.05) is 20.8 Å². The minimum Gasteiger partial charge on any atom is -0.479 e. The van der Waals surface area contributed by atoms with Gasteiger partial charge in [-0.15, -0.1) is 15.4 Å². The maximum Gasteiger partial charge on any atom is 0.308 e. The first-order valence-electron chi connectivity index (χ1n) is 18.9. The number of nitrogens with one attached hydrogen (secondary N) is 1. The van der Waals surface area contributed by atoms with Crippen molar-refractivity contribution in [1.82, 2.24) is 30.8 Å². The standard InChI is InChI=1S/C40H46F4N6O11/c1-8-31(52)47(29(20-36(57)60-7)30(51)21-61-39-37(43)25(41)19-26(42)38(39)44)49(34(55)18-23(4)5)50(32(53)15-16-35(56)59-6)48(33(54)17-22(2)3)46-40(58)28-14-13-24-11-9-10-12-27(24)45-28/h9-14,19,22-23,29H,8,15-18,20-21H2,1-7H3,(H,46,58)/t29-/m1/s1. The molecule has 21 heteroatoms. The lowest BCUT2D eigenvalue weighted by Gasteiger charge is -2.47. The van der Waals surface area contributed by atoms with Crippen LogP contribution in [0.15, 0.2) is 42.5 Å². The van der Waals surface area contributed by atoms with E-state index >= 15 is 0 Å². The molecule has 1 heterocycles. The van der Waals surface area contributed by atoms with E-state index in [1.165, 1.54) is 19.1 Å². The summed E-state index contributed by atoms with van der Waals surface area (Å²) in [6.07, 6.45) is -4.33. The first kappa shape index (κ1) is 48.7. The van der Waals surface area contributed by atoms with Crippen LogP contribution in [0.1, 0.15) is 83.6 Å². The van der Waals surface area contributed by atoms with Crippen LogP contribution < -0.4 is 10.2 Å². The molecule has 0 aliphatic carbocycles. The topological polar surface area (TPSA) is 202 Å². The molecule has 5 amide bonds. The minimum atomic E-state index is -2.31. The second-order valence-electron chi connectivity index (χ2n) is 14.1. The normalized spacial score (nSPS) is 11.4. The molecule has 2 aromatic carbocycles. The molecule has 3 aromatic rings. The number of methoxy groups -OCH3 is 2. The third-order valence-electron chi connectivity index (χ3n) is 8.47. The number of hydrogen-bond acceptors (Lipinski definition) is 12. The van der Waals surface area contributed by atoms with Crippen LogP contribution in [0.3, 0.4) is 0 Å². The zero-order valence-electron chi connectivity index (χ0n) is 34.5. The number of ether oxygens (including phenoxy) is 3. The Morgan fingerprint density at radius 2 is 1.30 bits per heavy atom. The molecule has 17 nitrogen and oxygen atoms in total. The van der Waals surface area contributed by atoms with Crippen LogP contribution in [-0.2, 0) is 43.0 Å². The summed E-state index contributed by atoms with van der Waals surface area (Å²) in [5.74, 6) is -20.2. The molecule has 0 aliphatic rings. The van der Waals surface area contributed by atoms with Gasteiger partial charge in [-0.1, -0.05) is 58.9 Å². The Kier molecular flexibility index (Phi) is 17.6. The van der Waals surface area contributed by atoms with Gasteiger partial charge < -0.3 is 14.2 Å². The molecule has 0 fully saturated rings. The average Bonchev–Trinajstić information content (AvgIpc) is 3.22. The van der Waals surface area contributed by atoms with E-state index in [-0.39, 0.29) is 22.0 Å². The van der Waals surface area contributed by atoms with Gasteiger partial charge in [0.25, 0.3) is 23.6 Å². The van der Waals surface area contributed by atoms with E-state index in [0.717, 1.165) is 14.2 Å². The van der Waals surface area contributed by atoms with Gasteiger partial charge in [0, 0.05) is 37.1 Å². The molecular weight excluding hydrogens is 816 g/mol. The summed E-state index contributed by atoms with van der Waals surface area (Å²) in [5.41, 5.74) is 2.31. The highest BCUT2D eigenvalue weighted by atomic mass is 19.2. The molecule has 330 valence electrons. The van der Waals surface area contributed by atoms with Crippen molar-refractivity contribution in [1.29, 1.82) is 0 Å². The van der Waals surface area contributed by atoms with Crippen molar-refractivity contribution in [3.05, 3.63) is 71.4 Å². The zero-order chi connectivity index (χ0) is 45.7. The lowest BCUT2D eigenvalue weighted by molar-refractivity contribution is -0.263. The van der Waals surface area contributed by atoms with Crippen molar-refractivity contribution in [2.24, 2.45) is 11.8 Å². The van der Waals surface area contributed by atoms with Crippen molar-refractivity contribution in [3.63, 3.8) is 0 Å². The van der Waals surface area contributed by atoms with Gasteiger partial charge in [-0.25, -0.2) is 24.2 Å². The largest absolute Gasteiger partial charge is 0.479 e. The van der Waals surface area contributed by atoms with E-state index in [1.54, 1.807) is 52.0 Å². The average molecular weight is 863 g/mol. The number of para-hydroxylation sites is 1. The maximum absolute atomic E-state index is 14.6. The Bertz CT molecular complexity index is 2130. The number of hydrogen-bond donors (Lipinski definition) is 1. The number of pyridine rings is 1. The molecule has 0 saturated heterocycles. The van der Waals surface area contributed by atoms with Crippen LogP contribution in [-0.4, -0.2) is 99.5 Å². The van der Waals surface area contributed by atoms with Gasteiger partial charge in [0.2, 0.25) is 17.5 Å². The molecule has 0 spiro atoms. The van der Waals surface area contributed by atoms with Crippen LogP contribution in [0, 0.1) is 35.1 Å².